The van der Waals surface area contributed by atoms with Gasteiger partial charge in [0, 0.05) is 23.4 Å². The summed E-state index contributed by atoms with van der Waals surface area (Å²) in [7, 11) is 3.21. The summed E-state index contributed by atoms with van der Waals surface area (Å²) >= 11 is 0. The van der Waals surface area contributed by atoms with Crippen molar-refractivity contribution in [1.29, 1.82) is 0 Å². The number of ether oxygens (including phenoxy) is 1. The van der Waals surface area contributed by atoms with E-state index >= 15 is 0 Å². The number of aryl methyl sites for hydroxylation is 2. The number of nitrogen functional groups attached to an aromatic ring is 3. The Morgan fingerprint density at radius 1 is 1.02 bits per heavy atom. The number of H-pyrrole nitrogens is 1. The molecule has 0 unspecified atom stereocenters. The SMILES string of the molecule is CNCCCCNC(=O)c1ccc(CCc2cnc3nc(N)nc(N)c3n2)cc1O.COC=O.Nc1ccc(C=O)c(-c2nn[nH]n2)c1. The molecule has 18 heteroatoms. The highest BCUT2D eigenvalue weighted by atomic mass is 16.5. The first-order valence-electron chi connectivity index (χ1n) is 14.5. The normalized spacial score (nSPS) is 10.2. The average molecular weight is 660 g/mol. The third kappa shape index (κ3) is 10.7. The lowest BCUT2D eigenvalue weighted by atomic mass is 10.0. The molecule has 0 bridgehead atoms. The van der Waals surface area contributed by atoms with Crippen molar-refractivity contribution in [3.63, 3.8) is 0 Å². The van der Waals surface area contributed by atoms with E-state index < -0.39 is 0 Å². The molecule has 0 spiro atoms. The number of nitrogens with zero attached hydrogens (tertiary/aromatic N) is 7. The summed E-state index contributed by atoms with van der Waals surface area (Å²) in [6.07, 6.45) is 5.37. The molecule has 0 atom stereocenters. The lowest BCUT2D eigenvalue weighted by Gasteiger charge is -2.09. The number of phenols is 1. The number of tetrazole rings is 1. The van der Waals surface area contributed by atoms with E-state index in [1.165, 1.54) is 7.11 Å². The summed E-state index contributed by atoms with van der Waals surface area (Å²) in [5, 5.41) is 29.4. The van der Waals surface area contributed by atoms with E-state index in [-0.39, 0.29) is 29.0 Å². The van der Waals surface area contributed by atoms with Crippen molar-refractivity contribution in [3.05, 3.63) is 65.0 Å². The smallest absolute Gasteiger partial charge is 0.292 e. The zero-order chi connectivity index (χ0) is 34.9. The van der Waals surface area contributed by atoms with Gasteiger partial charge in [0.2, 0.25) is 11.8 Å². The summed E-state index contributed by atoms with van der Waals surface area (Å²) < 4.78 is 3.86. The maximum atomic E-state index is 12.2. The molecule has 1 amide bonds. The number of nitrogens with one attached hydrogen (secondary N) is 3. The fourth-order valence-electron chi connectivity index (χ4n) is 4.17. The number of hydrogen-bond acceptors (Lipinski definition) is 16. The summed E-state index contributed by atoms with van der Waals surface area (Å²) in [6, 6.07) is 9.95. The minimum absolute atomic E-state index is 0.0436. The van der Waals surface area contributed by atoms with Gasteiger partial charge in [-0.2, -0.15) is 15.2 Å². The molecule has 0 saturated carbocycles. The molecule has 10 N–H and O–H groups in total. The first-order chi connectivity index (χ1) is 23.2. The molecule has 2 aromatic carbocycles. The van der Waals surface area contributed by atoms with E-state index in [1.54, 1.807) is 36.5 Å². The summed E-state index contributed by atoms with van der Waals surface area (Å²) in [4.78, 5) is 48.5. The zero-order valence-electron chi connectivity index (χ0n) is 26.4. The van der Waals surface area contributed by atoms with Gasteiger partial charge < -0.3 is 37.7 Å². The predicted octanol–water partition coefficient (Wildman–Crippen LogP) is 0.855. The second-order valence-electron chi connectivity index (χ2n) is 9.95. The monoisotopic (exact) mass is 659 g/mol. The second kappa shape index (κ2) is 18.6. The standard InChI is InChI=1S/C20H26N8O2.C8H7N5O.C2H4O2/c1-23-8-2-3-9-24-19(30)14-7-5-12(10-15(14)29)4-6-13-11-25-18-16(26-13)17(21)27-20(22)28-18;9-6-2-1-5(4-14)7(3-6)8-10-12-13-11-8;1-4-2-3/h5,7,10-11,23,29H,2-4,6,8-9H2,1H3,(H,24,30)(H4,21,22,25,27,28);1-4H,9H2,(H,10,11,12,13);2H,1H3. The van der Waals surface area contributed by atoms with Crippen molar-refractivity contribution >= 4 is 47.3 Å². The number of phenolic OH excluding ortho intramolecular Hbond substituents is 1. The highest BCUT2D eigenvalue weighted by Crippen LogP contribution is 2.22. The van der Waals surface area contributed by atoms with Crippen LogP contribution in [0.3, 0.4) is 0 Å². The molecule has 3 aromatic heterocycles. The third-order valence-corrected chi connectivity index (χ3v) is 6.50. The molecule has 0 aliphatic heterocycles. The molecule has 48 heavy (non-hydrogen) atoms. The molecular formula is C30H37N13O5. The molecule has 0 radical (unpaired) electrons. The number of methoxy groups -OCH3 is 1. The Morgan fingerprint density at radius 2 is 1.79 bits per heavy atom. The van der Waals surface area contributed by atoms with E-state index in [0.29, 0.717) is 65.4 Å². The van der Waals surface area contributed by atoms with Gasteiger partial charge in [-0.25, -0.2) is 9.97 Å². The molecule has 0 aliphatic carbocycles. The van der Waals surface area contributed by atoms with Crippen LogP contribution < -0.4 is 27.8 Å². The van der Waals surface area contributed by atoms with Gasteiger partial charge in [0.05, 0.1) is 24.6 Å². The molecule has 0 saturated heterocycles. The third-order valence-electron chi connectivity index (χ3n) is 6.50. The highest BCUT2D eigenvalue weighted by Gasteiger charge is 2.13. The van der Waals surface area contributed by atoms with E-state index in [1.807, 2.05) is 13.1 Å². The van der Waals surface area contributed by atoms with Crippen LogP contribution in [0.15, 0.2) is 42.6 Å². The Bertz CT molecular complexity index is 1800. The Morgan fingerprint density at radius 3 is 2.46 bits per heavy atom. The predicted molar refractivity (Wildman–Crippen MR) is 177 cm³/mol. The van der Waals surface area contributed by atoms with Gasteiger partial charge in [-0.3, -0.25) is 14.4 Å². The number of carbonyl (C=O) groups excluding carboxylic acids is 3. The molecule has 252 valence electrons. The number of aromatic nitrogens is 8. The first kappa shape index (κ1) is 36.2. The van der Waals surface area contributed by atoms with Crippen molar-refractivity contribution in [3.8, 4) is 17.1 Å². The summed E-state index contributed by atoms with van der Waals surface area (Å²) in [6.45, 7) is 1.85. The molecule has 5 rings (SSSR count). The van der Waals surface area contributed by atoms with Gasteiger partial charge in [0.15, 0.2) is 23.3 Å². The Balaban J connectivity index is 0.000000286. The number of nitrogens with two attached hydrogens (primary N) is 3. The van der Waals surface area contributed by atoms with Gasteiger partial charge >= 0.3 is 0 Å². The number of unbranched alkanes of at least 4 members (excludes halogenated alkanes) is 1. The number of rotatable bonds is 12. The number of hydrogen-bond donors (Lipinski definition) is 7. The van der Waals surface area contributed by atoms with Crippen LogP contribution in [0.4, 0.5) is 17.5 Å². The van der Waals surface area contributed by atoms with Crippen LogP contribution in [-0.4, -0.2) is 91.6 Å². The van der Waals surface area contributed by atoms with Crippen LogP contribution in [0.1, 0.15) is 44.8 Å². The van der Waals surface area contributed by atoms with Crippen molar-refractivity contribution in [2.24, 2.45) is 0 Å². The molecule has 0 aliphatic rings. The molecule has 18 nitrogen and oxygen atoms in total. The lowest BCUT2D eigenvalue weighted by Crippen LogP contribution is -2.25. The minimum Gasteiger partial charge on any atom is -0.507 e. The fraction of sp³-hybridized carbons (Fsp3) is 0.267. The van der Waals surface area contributed by atoms with Crippen LogP contribution in [0.25, 0.3) is 22.6 Å². The Kier molecular flexibility index (Phi) is 14.0. The van der Waals surface area contributed by atoms with Crippen LogP contribution in [0.5, 0.6) is 5.75 Å². The van der Waals surface area contributed by atoms with Crippen molar-refractivity contribution in [2.45, 2.75) is 25.7 Å². The Hall–Kier alpha value is -6.30. The van der Waals surface area contributed by atoms with Gasteiger partial charge in [-0.1, -0.05) is 6.07 Å². The number of anilines is 3. The van der Waals surface area contributed by atoms with E-state index in [4.69, 9.17) is 22.0 Å². The maximum absolute atomic E-state index is 12.2. The second-order valence-corrected chi connectivity index (χ2v) is 9.95. The summed E-state index contributed by atoms with van der Waals surface area (Å²) in [5.74, 6) is 0.279. The Labute approximate surface area is 274 Å². The number of benzene rings is 2. The molecule has 0 fully saturated rings. The van der Waals surface area contributed by atoms with Crippen molar-refractivity contribution in [2.75, 3.05) is 44.4 Å². The average Bonchev–Trinajstić information content (AvgIpc) is 3.63. The highest BCUT2D eigenvalue weighted by molar-refractivity contribution is 5.96. The van der Waals surface area contributed by atoms with Crippen LogP contribution >= 0.6 is 0 Å². The number of aromatic hydroxyl groups is 1. The van der Waals surface area contributed by atoms with Gasteiger partial charge in [0.1, 0.15) is 5.75 Å². The van der Waals surface area contributed by atoms with Gasteiger partial charge in [0.25, 0.3) is 12.4 Å². The zero-order valence-corrected chi connectivity index (χ0v) is 26.4. The topological polar surface area (TPSA) is 289 Å². The number of aromatic amines is 1. The van der Waals surface area contributed by atoms with E-state index in [2.05, 4.69) is 55.9 Å². The molecular weight excluding hydrogens is 622 g/mol. The van der Waals surface area contributed by atoms with Crippen LogP contribution in [0.2, 0.25) is 0 Å². The van der Waals surface area contributed by atoms with Crippen molar-refractivity contribution in [1.82, 2.24) is 51.2 Å². The molecule has 3 heterocycles. The minimum atomic E-state index is -0.279. The summed E-state index contributed by atoms with van der Waals surface area (Å²) in [5.41, 5.74) is 21.2. The fourth-order valence-corrected chi connectivity index (χ4v) is 4.17. The quantitative estimate of drug-likeness (QED) is 0.0555. The van der Waals surface area contributed by atoms with Gasteiger partial charge in [-0.15, -0.1) is 10.2 Å². The number of aldehydes is 1. The van der Waals surface area contributed by atoms with Gasteiger partial charge in [-0.05, 0) is 80.4 Å². The number of carbonyl (C=O) groups is 3. The molecule has 5 aromatic rings. The van der Waals surface area contributed by atoms with E-state index in [9.17, 15) is 14.7 Å². The van der Waals surface area contributed by atoms with Crippen LogP contribution in [-0.2, 0) is 22.4 Å². The lowest BCUT2D eigenvalue weighted by molar-refractivity contribution is -0.126. The first-order valence-corrected chi connectivity index (χ1v) is 14.5. The van der Waals surface area contributed by atoms with Crippen molar-refractivity contribution < 1.29 is 24.2 Å². The van der Waals surface area contributed by atoms with Crippen LogP contribution in [0, 0.1) is 0 Å². The number of amides is 1. The number of fused-ring (bicyclic) bond motifs is 1. The van der Waals surface area contributed by atoms with E-state index in [0.717, 1.165) is 31.2 Å². The maximum Gasteiger partial charge on any atom is 0.292 e. The largest absolute Gasteiger partial charge is 0.507 e.